The van der Waals surface area contributed by atoms with Crippen molar-refractivity contribution in [1.82, 2.24) is 0 Å². The standard InChI is InChI=1S/C12H10O/c13-7-12-9-4-2-1-3-8(9)10-5-6-11(10)12/h1-4,7,10H,5-6H2. The molecule has 0 aliphatic heterocycles. The van der Waals surface area contributed by atoms with E-state index < -0.39 is 0 Å². The first-order valence-electron chi connectivity index (χ1n) is 4.69. The normalized spacial score (nSPS) is 23.5. The van der Waals surface area contributed by atoms with Crippen LogP contribution in [0.1, 0.15) is 29.9 Å². The summed E-state index contributed by atoms with van der Waals surface area (Å²) in [6.45, 7) is 0. The van der Waals surface area contributed by atoms with Crippen LogP contribution in [0.25, 0.3) is 5.57 Å². The van der Waals surface area contributed by atoms with Gasteiger partial charge in [0.1, 0.15) is 0 Å². The van der Waals surface area contributed by atoms with E-state index in [1.165, 1.54) is 23.1 Å². The van der Waals surface area contributed by atoms with Crippen molar-refractivity contribution in [2.24, 2.45) is 0 Å². The predicted molar refractivity (Wildman–Crippen MR) is 51.4 cm³/mol. The van der Waals surface area contributed by atoms with Gasteiger partial charge in [-0.3, -0.25) is 4.79 Å². The topological polar surface area (TPSA) is 17.1 Å². The van der Waals surface area contributed by atoms with Gasteiger partial charge in [0.05, 0.1) is 0 Å². The van der Waals surface area contributed by atoms with Crippen LogP contribution in [-0.4, -0.2) is 6.29 Å². The number of hydrogen-bond acceptors (Lipinski definition) is 1. The van der Waals surface area contributed by atoms with Gasteiger partial charge in [0, 0.05) is 11.5 Å². The third-order valence-electron chi connectivity index (χ3n) is 3.21. The molecule has 0 radical (unpaired) electrons. The Morgan fingerprint density at radius 2 is 2.15 bits per heavy atom. The summed E-state index contributed by atoms with van der Waals surface area (Å²) in [6, 6.07) is 8.27. The molecule has 13 heavy (non-hydrogen) atoms. The van der Waals surface area contributed by atoms with Crippen molar-refractivity contribution in [3.63, 3.8) is 0 Å². The highest BCUT2D eigenvalue weighted by Gasteiger charge is 2.36. The van der Waals surface area contributed by atoms with Gasteiger partial charge in [-0.25, -0.2) is 0 Å². The number of fused-ring (bicyclic) bond motifs is 3. The van der Waals surface area contributed by atoms with E-state index >= 15 is 0 Å². The van der Waals surface area contributed by atoms with E-state index in [1.54, 1.807) is 0 Å². The number of allylic oxidation sites excluding steroid dienone is 2. The minimum Gasteiger partial charge on any atom is -0.298 e. The molecule has 0 bridgehead atoms. The van der Waals surface area contributed by atoms with Gasteiger partial charge in [-0.05, 0) is 24.0 Å². The zero-order valence-electron chi connectivity index (χ0n) is 7.29. The molecule has 0 heterocycles. The van der Waals surface area contributed by atoms with Gasteiger partial charge in [-0.1, -0.05) is 29.8 Å². The zero-order chi connectivity index (χ0) is 8.84. The SMILES string of the molecule is O=CC1=C2CCC2c2ccccc21. The first-order chi connectivity index (χ1) is 6.42. The molecule has 1 atom stereocenters. The molecule has 0 N–H and O–H groups in total. The molecule has 0 amide bonds. The zero-order valence-corrected chi connectivity index (χ0v) is 7.29. The first kappa shape index (κ1) is 7.07. The molecule has 1 saturated carbocycles. The second-order valence-electron chi connectivity index (χ2n) is 3.74. The summed E-state index contributed by atoms with van der Waals surface area (Å²) < 4.78 is 0. The van der Waals surface area contributed by atoms with Crippen LogP contribution in [0.2, 0.25) is 0 Å². The highest BCUT2D eigenvalue weighted by atomic mass is 16.1. The summed E-state index contributed by atoms with van der Waals surface area (Å²) >= 11 is 0. The molecule has 1 nitrogen and oxygen atoms in total. The van der Waals surface area contributed by atoms with E-state index in [9.17, 15) is 4.79 Å². The molecule has 1 aromatic carbocycles. The Hall–Kier alpha value is -1.37. The van der Waals surface area contributed by atoms with Gasteiger partial charge in [0.15, 0.2) is 6.29 Å². The lowest BCUT2D eigenvalue weighted by Gasteiger charge is -2.26. The van der Waals surface area contributed by atoms with Gasteiger partial charge < -0.3 is 0 Å². The van der Waals surface area contributed by atoms with Crippen molar-refractivity contribution in [2.45, 2.75) is 18.8 Å². The van der Waals surface area contributed by atoms with E-state index in [2.05, 4.69) is 18.2 Å². The van der Waals surface area contributed by atoms with Crippen LogP contribution in [0, 0.1) is 0 Å². The maximum Gasteiger partial charge on any atom is 0.150 e. The van der Waals surface area contributed by atoms with Crippen molar-refractivity contribution < 1.29 is 4.79 Å². The summed E-state index contributed by atoms with van der Waals surface area (Å²) in [6.07, 6.45) is 3.37. The Labute approximate surface area is 77.1 Å². The molecule has 64 valence electrons. The molecule has 3 rings (SSSR count). The fourth-order valence-electron chi connectivity index (χ4n) is 2.46. The molecular formula is C12H10O. The van der Waals surface area contributed by atoms with Crippen molar-refractivity contribution in [1.29, 1.82) is 0 Å². The molecule has 1 fully saturated rings. The Balaban J connectivity index is 2.27. The number of rotatable bonds is 1. The number of aldehydes is 1. The number of carbonyl (C=O) groups excluding carboxylic acids is 1. The van der Waals surface area contributed by atoms with E-state index in [4.69, 9.17) is 0 Å². The minimum absolute atomic E-state index is 0.580. The van der Waals surface area contributed by atoms with Crippen LogP contribution >= 0.6 is 0 Å². The lowest BCUT2D eigenvalue weighted by Crippen LogP contribution is -2.09. The maximum absolute atomic E-state index is 10.9. The molecule has 1 heteroatoms. The average Bonchev–Trinajstić information content (AvgIpc) is 2.33. The van der Waals surface area contributed by atoms with Crippen molar-refractivity contribution >= 4 is 11.9 Å². The fraction of sp³-hybridized carbons (Fsp3) is 0.250. The van der Waals surface area contributed by atoms with Gasteiger partial charge in [0.25, 0.3) is 0 Å². The summed E-state index contributed by atoms with van der Waals surface area (Å²) in [5.41, 5.74) is 4.88. The summed E-state index contributed by atoms with van der Waals surface area (Å²) in [5.74, 6) is 0.580. The van der Waals surface area contributed by atoms with Crippen LogP contribution in [0.3, 0.4) is 0 Å². The molecule has 2 aliphatic rings. The molecule has 0 spiro atoms. The van der Waals surface area contributed by atoms with Crippen molar-refractivity contribution in [3.8, 4) is 0 Å². The molecule has 1 aromatic rings. The number of carbonyl (C=O) groups is 1. The molecule has 0 aromatic heterocycles. The van der Waals surface area contributed by atoms with E-state index in [1.807, 2.05) is 6.07 Å². The molecule has 2 aliphatic carbocycles. The van der Waals surface area contributed by atoms with Crippen LogP contribution < -0.4 is 0 Å². The van der Waals surface area contributed by atoms with Crippen LogP contribution in [0.5, 0.6) is 0 Å². The fourth-order valence-corrected chi connectivity index (χ4v) is 2.46. The van der Waals surface area contributed by atoms with Crippen molar-refractivity contribution in [2.75, 3.05) is 0 Å². The highest BCUT2D eigenvalue weighted by Crippen LogP contribution is 2.52. The Morgan fingerprint density at radius 1 is 1.31 bits per heavy atom. The lowest BCUT2D eigenvalue weighted by molar-refractivity contribution is -0.103. The third kappa shape index (κ3) is 0.744. The number of benzene rings is 1. The second kappa shape index (κ2) is 2.32. The first-order valence-corrected chi connectivity index (χ1v) is 4.69. The second-order valence-corrected chi connectivity index (χ2v) is 3.74. The Bertz CT molecular complexity index is 415. The quantitative estimate of drug-likeness (QED) is 0.592. The maximum atomic E-state index is 10.9. The highest BCUT2D eigenvalue weighted by molar-refractivity contribution is 6.11. The smallest absolute Gasteiger partial charge is 0.150 e. The molecule has 1 unspecified atom stereocenters. The van der Waals surface area contributed by atoms with Gasteiger partial charge in [-0.15, -0.1) is 0 Å². The Kier molecular flexibility index (Phi) is 1.26. The van der Waals surface area contributed by atoms with Gasteiger partial charge in [-0.2, -0.15) is 0 Å². The largest absolute Gasteiger partial charge is 0.298 e. The van der Waals surface area contributed by atoms with E-state index in [-0.39, 0.29) is 0 Å². The summed E-state index contributed by atoms with van der Waals surface area (Å²) in [4.78, 5) is 10.9. The Morgan fingerprint density at radius 3 is 2.85 bits per heavy atom. The van der Waals surface area contributed by atoms with Gasteiger partial charge in [0.2, 0.25) is 0 Å². The molecule has 0 saturated heterocycles. The van der Waals surface area contributed by atoms with Gasteiger partial charge >= 0.3 is 0 Å². The summed E-state index contributed by atoms with van der Waals surface area (Å²) in [7, 11) is 0. The summed E-state index contributed by atoms with van der Waals surface area (Å²) in [5, 5.41) is 0. The van der Waals surface area contributed by atoms with Crippen LogP contribution in [0.4, 0.5) is 0 Å². The number of hydrogen-bond donors (Lipinski definition) is 0. The van der Waals surface area contributed by atoms with E-state index in [0.717, 1.165) is 18.3 Å². The lowest BCUT2D eigenvalue weighted by atomic mass is 9.78. The third-order valence-corrected chi connectivity index (χ3v) is 3.21. The van der Waals surface area contributed by atoms with E-state index in [0.29, 0.717) is 5.92 Å². The van der Waals surface area contributed by atoms with Crippen LogP contribution in [-0.2, 0) is 4.79 Å². The average molecular weight is 170 g/mol. The monoisotopic (exact) mass is 170 g/mol. The molecular weight excluding hydrogens is 160 g/mol. The van der Waals surface area contributed by atoms with Crippen LogP contribution in [0.15, 0.2) is 29.8 Å². The predicted octanol–water partition coefficient (Wildman–Crippen LogP) is 2.53. The minimum atomic E-state index is 0.580. The van der Waals surface area contributed by atoms with Crippen molar-refractivity contribution in [3.05, 3.63) is 41.0 Å².